The standard InChI is InChI=1S/C15H21NO2/c1-11-6-8-12(9-7-11)10-15(18)16-13-4-2-3-5-14(13)17/h6-9,13-14,17H,2-5,10H2,1H3,(H,16,18)/t13-,14-/m1/s1. The molecule has 18 heavy (non-hydrogen) atoms. The number of amides is 1. The van der Waals surface area contributed by atoms with Crippen LogP contribution in [0.3, 0.4) is 0 Å². The van der Waals surface area contributed by atoms with Gasteiger partial charge in [-0.3, -0.25) is 4.79 Å². The lowest BCUT2D eigenvalue weighted by atomic mass is 9.92. The van der Waals surface area contributed by atoms with Gasteiger partial charge in [0.1, 0.15) is 0 Å². The Bertz CT molecular complexity index is 399. The average Bonchev–Trinajstić information content (AvgIpc) is 2.35. The van der Waals surface area contributed by atoms with Crippen LogP contribution in [0.1, 0.15) is 36.8 Å². The van der Waals surface area contributed by atoms with Gasteiger partial charge in [0.25, 0.3) is 0 Å². The van der Waals surface area contributed by atoms with Crippen LogP contribution in [0.2, 0.25) is 0 Å². The summed E-state index contributed by atoms with van der Waals surface area (Å²) < 4.78 is 0. The number of rotatable bonds is 3. The SMILES string of the molecule is Cc1ccc(CC(=O)N[C@@H]2CCCC[C@H]2O)cc1. The van der Waals surface area contributed by atoms with E-state index < -0.39 is 0 Å². The second kappa shape index (κ2) is 6.01. The van der Waals surface area contributed by atoms with Gasteiger partial charge in [0.2, 0.25) is 5.91 Å². The van der Waals surface area contributed by atoms with Crippen LogP contribution in [-0.4, -0.2) is 23.2 Å². The number of carbonyl (C=O) groups is 1. The highest BCUT2D eigenvalue weighted by Crippen LogP contribution is 2.18. The summed E-state index contributed by atoms with van der Waals surface area (Å²) in [6.45, 7) is 2.03. The summed E-state index contributed by atoms with van der Waals surface area (Å²) in [6.07, 6.45) is 3.86. The maximum absolute atomic E-state index is 11.9. The summed E-state index contributed by atoms with van der Waals surface area (Å²) in [7, 11) is 0. The second-order valence-electron chi connectivity index (χ2n) is 5.19. The molecule has 1 aliphatic carbocycles. The summed E-state index contributed by atoms with van der Waals surface area (Å²) >= 11 is 0. The second-order valence-corrected chi connectivity index (χ2v) is 5.19. The minimum Gasteiger partial charge on any atom is -0.391 e. The maximum Gasteiger partial charge on any atom is 0.224 e. The Hall–Kier alpha value is -1.35. The van der Waals surface area contributed by atoms with Crippen LogP contribution in [-0.2, 0) is 11.2 Å². The molecule has 1 aromatic carbocycles. The number of benzene rings is 1. The van der Waals surface area contributed by atoms with Crippen molar-refractivity contribution in [1.82, 2.24) is 5.32 Å². The zero-order valence-corrected chi connectivity index (χ0v) is 10.9. The summed E-state index contributed by atoms with van der Waals surface area (Å²) in [6, 6.07) is 7.92. The van der Waals surface area contributed by atoms with E-state index in [-0.39, 0.29) is 18.1 Å². The van der Waals surface area contributed by atoms with Crippen molar-refractivity contribution in [3.8, 4) is 0 Å². The van der Waals surface area contributed by atoms with E-state index in [2.05, 4.69) is 5.32 Å². The third kappa shape index (κ3) is 3.57. The zero-order chi connectivity index (χ0) is 13.0. The first-order chi connectivity index (χ1) is 8.65. The highest BCUT2D eigenvalue weighted by molar-refractivity contribution is 5.78. The van der Waals surface area contributed by atoms with E-state index in [0.717, 1.165) is 31.2 Å². The molecule has 0 heterocycles. The predicted octanol–water partition coefficient (Wildman–Crippen LogP) is 1.96. The maximum atomic E-state index is 11.9. The van der Waals surface area contributed by atoms with Crippen LogP contribution in [0.15, 0.2) is 24.3 Å². The molecular formula is C15H21NO2. The lowest BCUT2D eigenvalue weighted by Gasteiger charge is -2.28. The fourth-order valence-electron chi connectivity index (χ4n) is 2.43. The van der Waals surface area contributed by atoms with E-state index in [4.69, 9.17) is 0 Å². The number of aliphatic hydroxyl groups is 1. The molecule has 0 saturated heterocycles. The molecular weight excluding hydrogens is 226 g/mol. The Labute approximate surface area is 108 Å². The topological polar surface area (TPSA) is 49.3 Å². The van der Waals surface area contributed by atoms with Gasteiger partial charge in [-0.05, 0) is 25.3 Å². The Morgan fingerprint density at radius 2 is 1.94 bits per heavy atom. The fraction of sp³-hybridized carbons (Fsp3) is 0.533. The van der Waals surface area contributed by atoms with Gasteiger partial charge in [-0.25, -0.2) is 0 Å². The summed E-state index contributed by atoms with van der Waals surface area (Å²) in [4.78, 5) is 11.9. The highest BCUT2D eigenvalue weighted by Gasteiger charge is 2.24. The molecule has 3 heteroatoms. The van der Waals surface area contributed by atoms with Gasteiger partial charge in [0.05, 0.1) is 18.6 Å². The predicted molar refractivity (Wildman–Crippen MR) is 71.3 cm³/mol. The van der Waals surface area contributed by atoms with Crippen molar-refractivity contribution in [2.24, 2.45) is 0 Å². The van der Waals surface area contributed by atoms with Crippen LogP contribution in [0.5, 0.6) is 0 Å². The molecule has 1 amide bonds. The fourth-order valence-corrected chi connectivity index (χ4v) is 2.43. The van der Waals surface area contributed by atoms with E-state index >= 15 is 0 Å². The number of hydrogen-bond acceptors (Lipinski definition) is 2. The summed E-state index contributed by atoms with van der Waals surface area (Å²) in [5.41, 5.74) is 2.21. The van der Waals surface area contributed by atoms with E-state index in [1.165, 1.54) is 5.56 Å². The van der Waals surface area contributed by atoms with Gasteiger partial charge in [0.15, 0.2) is 0 Å². The minimum atomic E-state index is -0.374. The molecule has 0 aromatic heterocycles. The molecule has 0 bridgehead atoms. The Kier molecular flexibility index (Phi) is 4.37. The van der Waals surface area contributed by atoms with Gasteiger partial charge in [-0.1, -0.05) is 42.7 Å². The molecule has 1 fully saturated rings. The summed E-state index contributed by atoms with van der Waals surface area (Å²) in [5.74, 6) is 0.00445. The van der Waals surface area contributed by atoms with E-state index in [1.54, 1.807) is 0 Å². The Morgan fingerprint density at radius 1 is 1.28 bits per heavy atom. The Morgan fingerprint density at radius 3 is 2.61 bits per heavy atom. The number of nitrogens with one attached hydrogen (secondary N) is 1. The molecule has 1 aromatic rings. The zero-order valence-electron chi connectivity index (χ0n) is 10.9. The van der Waals surface area contributed by atoms with Crippen molar-refractivity contribution in [1.29, 1.82) is 0 Å². The van der Waals surface area contributed by atoms with Gasteiger partial charge >= 0.3 is 0 Å². The van der Waals surface area contributed by atoms with Crippen molar-refractivity contribution in [3.63, 3.8) is 0 Å². The molecule has 3 nitrogen and oxygen atoms in total. The first kappa shape index (κ1) is 13.1. The van der Waals surface area contributed by atoms with Crippen LogP contribution >= 0.6 is 0 Å². The van der Waals surface area contributed by atoms with E-state index in [9.17, 15) is 9.90 Å². The Balaban J connectivity index is 1.86. The van der Waals surface area contributed by atoms with Crippen molar-refractivity contribution in [2.45, 2.75) is 51.2 Å². The van der Waals surface area contributed by atoms with Crippen molar-refractivity contribution >= 4 is 5.91 Å². The smallest absolute Gasteiger partial charge is 0.224 e. The number of aliphatic hydroxyl groups excluding tert-OH is 1. The lowest BCUT2D eigenvalue weighted by Crippen LogP contribution is -2.45. The third-order valence-corrected chi connectivity index (χ3v) is 3.56. The number of carbonyl (C=O) groups excluding carboxylic acids is 1. The molecule has 98 valence electrons. The number of aryl methyl sites for hydroxylation is 1. The monoisotopic (exact) mass is 247 g/mol. The highest BCUT2D eigenvalue weighted by atomic mass is 16.3. The van der Waals surface area contributed by atoms with Crippen molar-refractivity contribution < 1.29 is 9.90 Å². The molecule has 0 spiro atoms. The van der Waals surface area contributed by atoms with E-state index in [1.807, 2.05) is 31.2 Å². The van der Waals surface area contributed by atoms with Gasteiger partial charge < -0.3 is 10.4 Å². The lowest BCUT2D eigenvalue weighted by molar-refractivity contribution is -0.122. The van der Waals surface area contributed by atoms with Crippen LogP contribution in [0.25, 0.3) is 0 Å². The van der Waals surface area contributed by atoms with Crippen LogP contribution in [0, 0.1) is 6.92 Å². The van der Waals surface area contributed by atoms with Gasteiger partial charge in [-0.15, -0.1) is 0 Å². The average molecular weight is 247 g/mol. The number of hydrogen-bond donors (Lipinski definition) is 2. The minimum absolute atomic E-state index is 0.00445. The molecule has 1 aliphatic rings. The van der Waals surface area contributed by atoms with Gasteiger partial charge in [-0.2, -0.15) is 0 Å². The van der Waals surface area contributed by atoms with E-state index in [0.29, 0.717) is 6.42 Å². The molecule has 2 atom stereocenters. The van der Waals surface area contributed by atoms with Crippen LogP contribution in [0.4, 0.5) is 0 Å². The first-order valence-corrected chi connectivity index (χ1v) is 6.68. The third-order valence-electron chi connectivity index (χ3n) is 3.56. The van der Waals surface area contributed by atoms with Crippen molar-refractivity contribution in [3.05, 3.63) is 35.4 Å². The van der Waals surface area contributed by atoms with Gasteiger partial charge in [0, 0.05) is 0 Å². The molecule has 0 aliphatic heterocycles. The molecule has 0 unspecified atom stereocenters. The summed E-state index contributed by atoms with van der Waals surface area (Å²) in [5, 5.41) is 12.7. The molecule has 0 radical (unpaired) electrons. The largest absolute Gasteiger partial charge is 0.391 e. The first-order valence-electron chi connectivity index (χ1n) is 6.68. The molecule has 2 N–H and O–H groups in total. The van der Waals surface area contributed by atoms with Crippen LogP contribution < -0.4 is 5.32 Å². The van der Waals surface area contributed by atoms with Crippen molar-refractivity contribution in [2.75, 3.05) is 0 Å². The quantitative estimate of drug-likeness (QED) is 0.857. The molecule has 1 saturated carbocycles. The molecule has 2 rings (SSSR count). The normalized spacial score (nSPS) is 23.7.